The second kappa shape index (κ2) is 5.28. The molecule has 1 aliphatic heterocycles. The Balaban J connectivity index is 2.14. The summed E-state index contributed by atoms with van der Waals surface area (Å²) in [4.78, 5) is 1.03. The third kappa shape index (κ3) is 3.12. The smallest absolute Gasteiger partial charge is 0.250 e. The van der Waals surface area contributed by atoms with E-state index in [1.165, 1.54) is 11.3 Å². The average Bonchev–Trinajstić information content (AvgIpc) is 2.58. The minimum atomic E-state index is -3.35. The Hall–Kier alpha value is -0.430. The number of rotatable bonds is 3. The van der Waals surface area contributed by atoms with Gasteiger partial charge in [-0.2, -0.15) is 0 Å². The number of hydrogen-bond acceptors (Lipinski definition) is 4. The number of thiophene rings is 1. The molecule has 2 atom stereocenters. The first-order valence-electron chi connectivity index (χ1n) is 6.21. The number of sulfonamides is 1. The molecule has 0 bridgehead atoms. The molecule has 0 amide bonds. The van der Waals surface area contributed by atoms with Gasteiger partial charge in [-0.05, 0) is 51.8 Å². The topological polar surface area (TPSA) is 58.2 Å². The van der Waals surface area contributed by atoms with Gasteiger partial charge in [-0.15, -0.1) is 11.3 Å². The van der Waals surface area contributed by atoms with Crippen LogP contribution in [0.15, 0.2) is 10.3 Å². The van der Waals surface area contributed by atoms with Gasteiger partial charge in [0, 0.05) is 17.0 Å². The first-order chi connectivity index (χ1) is 8.38. The summed E-state index contributed by atoms with van der Waals surface area (Å²) in [5.74, 6) is 0. The van der Waals surface area contributed by atoms with Crippen LogP contribution in [0.5, 0.6) is 0 Å². The zero-order valence-corrected chi connectivity index (χ0v) is 12.6. The van der Waals surface area contributed by atoms with E-state index >= 15 is 0 Å². The van der Waals surface area contributed by atoms with Crippen LogP contribution in [0.4, 0.5) is 0 Å². The monoisotopic (exact) mass is 288 g/mol. The van der Waals surface area contributed by atoms with Gasteiger partial charge in [-0.1, -0.05) is 0 Å². The van der Waals surface area contributed by atoms with Gasteiger partial charge in [0.2, 0.25) is 0 Å². The van der Waals surface area contributed by atoms with Crippen LogP contribution >= 0.6 is 11.3 Å². The number of aryl methyl sites for hydroxylation is 2. The van der Waals surface area contributed by atoms with Gasteiger partial charge in [0.25, 0.3) is 10.0 Å². The highest BCUT2D eigenvalue weighted by Crippen LogP contribution is 2.26. The van der Waals surface area contributed by atoms with Crippen LogP contribution in [-0.4, -0.2) is 27.0 Å². The molecule has 0 radical (unpaired) electrons. The maximum Gasteiger partial charge on any atom is 0.250 e. The molecule has 2 N–H and O–H groups in total. The number of hydrogen-bond donors (Lipinski definition) is 2. The van der Waals surface area contributed by atoms with Gasteiger partial charge in [0.15, 0.2) is 0 Å². The Morgan fingerprint density at radius 1 is 1.44 bits per heavy atom. The summed E-state index contributed by atoms with van der Waals surface area (Å²) in [6.45, 7) is 6.74. The summed E-state index contributed by atoms with van der Waals surface area (Å²) in [5, 5.41) is 3.32. The maximum atomic E-state index is 12.3. The molecule has 1 aromatic rings. The quantitative estimate of drug-likeness (QED) is 0.891. The van der Waals surface area contributed by atoms with Crippen molar-refractivity contribution in [2.75, 3.05) is 6.54 Å². The highest BCUT2D eigenvalue weighted by molar-refractivity contribution is 7.91. The SMILES string of the molecule is Cc1cc(C)c(S(=O)(=O)NC2CCNC(C)C2)s1. The van der Waals surface area contributed by atoms with Gasteiger partial charge in [0.1, 0.15) is 4.21 Å². The van der Waals surface area contributed by atoms with E-state index in [1.807, 2.05) is 19.9 Å². The van der Waals surface area contributed by atoms with Crippen LogP contribution < -0.4 is 10.0 Å². The van der Waals surface area contributed by atoms with Crippen molar-refractivity contribution in [1.82, 2.24) is 10.0 Å². The van der Waals surface area contributed by atoms with E-state index in [-0.39, 0.29) is 6.04 Å². The van der Waals surface area contributed by atoms with E-state index in [0.29, 0.717) is 10.3 Å². The highest BCUT2D eigenvalue weighted by Gasteiger charge is 2.26. The van der Waals surface area contributed by atoms with E-state index in [1.54, 1.807) is 0 Å². The van der Waals surface area contributed by atoms with Crippen molar-refractivity contribution in [2.45, 2.75) is 49.9 Å². The highest BCUT2D eigenvalue weighted by atomic mass is 32.2. The van der Waals surface area contributed by atoms with Crippen LogP contribution in [0.2, 0.25) is 0 Å². The van der Waals surface area contributed by atoms with Crippen molar-refractivity contribution in [3.8, 4) is 0 Å². The fourth-order valence-electron chi connectivity index (χ4n) is 2.40. The summed E-state index contributed by atoms with van der Waals surface area (Å²) >= 11 is 1.34. The molecule has 0 aromatic carbocycles. The second-order valence-corrected chi connectivity index (χ2v) is 8.19. The second-order valence-electron chi connectivity index (χ2n) is 5.03. The Morgan fingerprint density at radius 2 is 2.17 bits per heavy atom. The Morgan fingerprint density at radius 3 is 2.72 bits per heavy atom. The predicted molar refractivity (Wildman–Crippen MR) is 74.6 cm³/mol. The fraction of sp³-hybridized carbons (Fsp3) is 0.667. The average molecular weight is 288 g/mol. The van der Waals surface area contributed by atoms with Gasteiger partial charge in [-0.25, -0.2) is 13.1 Å². The van der Waals surface area contributed by atoms with Crippen LogP contribution in [0, 0.1) is 13.8 Å². The Kier molecular flexibility index (Phi) is 4.11. The zero-order chi connectivity index (χ0) is 13.3. The maximum absolute atomic E-state index is 12.3. The molecular formula is C12H20N2O2S2. The molecule has 6 heteroatoms. The lowest BCUT2D eigenvalue weighted by atomic mass is 10.0. The summed E-state index contributed by atoms with van der Waals surface area (Å²) in [7, 11) is -3.35. The van der Waals surface area contributed by atoms with E-state index in [2.05, 4.69) is 17.0 Å². The van der Waals surface area contributed by atoms with E-state index in [4.69, 9.17) is 0 Å². The Bertz CT molecular complexity index is 522. The summed E-state index contributed by atoms with van der Waals surface area (Å²) in [5.41, 5.74) is 0.840. The van der Waals surface area contributed by atoms with Crippen LogP contribution in [0.3, 0.4) is 0 Å². The first kappa shape index (κ1) is 14.0. The molecule has 4 nitrogen and oxygen atoms in total. The molecular weight excluding hydrogens is 268 g/mol. The minimum Gasteiger partial charge on any atom is -0.314 e. The third-order valence-electron chi connectivity index (χ3n) is 3.18. The van der Waals surface area contributed by atoms with Crippen molar-refractivity contribution in [3.05, 3.63) is 16.5 Å². The molecule has 1 fully saturated rings. The molecule has 1 saturated heterocycles. The molecule has 0 aliphatic carbocycles. The van der Waals surface area contributed by atoms with Crippen molar-refractivity contribution < 1.29 is 8.42 Å². The van der Waals surface area contributed by atoms with Crippen molar-refractivity contribution in [1.29, 1.82) is 0 Å². The molecule has 18 heavy (non-hydrogen) atoms. The largest absolute Gasteiger partial charge is 0.314 e. The lowest BCUT2D eigenvalue weighted by molar-refractivity contribution is 0.361. The Labute approximate surface area is 113 Å². The molecule has 0 spiro atoms. The summed E-state index contributed by atoms with van der Waals surface area (Å²) < 4.78 is 27.9. The standard InChI is InChI=1S/C12H20N2O2S2/c1-8-6-10(3)17-12(8)18(15,16)14-11-4-5-13-9(2)7-11/h6,9,11,13-14H,4-5,7H2,1-3H3. The van der Waals surface area contributed by atoms with Crippen LogP contribution in [-0.2, 0) is 10.0 Å². The minimum absolute atomic E-state index is 0.0491. The van der Waals surface area contributed by atoms with Gasteiger partial charge in [0.05, 0.1) is 0 Å². The van der Waals surface area contributed by atoms with Crippen molar-refractivity contribution >= 4 is 21.4 Å². The summed E-state index contributed by atoms with van der Waals surface area (Å²) in [6, 6.07) is 2.34. The predicted octanol–water partition coefficient (Wildman–Crippen LogP) is 1.78. The molecule has 2 unspecified atom stereocenters. The lowest BCUT2D eigenvalue weighted by Crippen LogP contribution is -2.46. The van der Waals surface area contributed by atoms with Crippen molar-refractivity contribution in [2.24, 2.45) is 0 Å². The van der Waals surface area contributed by atoms with Crippen LogP contribution in [0.1, 0.15) is 30.2 Å². The van der Waals surface area contributed by atoms with Crippen molar-refractivity contribution in [3.63, 3.8) is 0 Å². The lowest BCUT2D eigenvalue weighted by Gasteiger charge is -2.28. The first-order valence-corrected chi connectivity index (χ1v) is 8.51. The molecule has 1 aromatic heterocycles. The van der Waals surface area contributed by atoms with E-state index in [0.717, 1.165) is 29.8 Å². The van der Waals surface area contributed by atoms with Crippen LogP contribution in [0.25, 0.3) is 0 Å². The van der Waals surface area contributed by atoms with E-state index < -0.39 is 10.0 Å². The fourth-order valence-corrected chi connectivity index (χ4v) is 5.37. The van der Waals surface area contributed by atoms with Gasteiger partial charge >= 0.3 is 0 Å². The normalized spacial score (nSPS) is 25.3. The number of nitrogens with one attached hydrogen (secondary N) is 2. The molecule has 1 aliphatic rings. The van der Waals surface area contributed by atoms with Gasteiger partial charge in [-0.3, -0.25) is 0 Å². The number of piperidine rings is 1. The molecule has 0 saturated carbocycles. The molecule has 2 rings (SSSR count). The molecule has 102 valence electrons. The van der Waals surface area contributed by atoms with E-state index in [9.17, 15) is 8.42 Å². The van der Waals surface area contributed by atoms with Gasteiger partial charge < -0.3 is 5.32 Å². The summed E-state index contributed by atoms with van der Waals surface area (Å²) in [6.07, 6.45) is 1.70. The third-order valence-corrected chi connectivity index (χ3v) is 6.49. The zero-order valence-electron chi connectivity index (χ0n) is 11.0. The molecule has 2 heterocycles.